The fourth-order valence-electron chi connectivity index (χ4n) is 5.06. The van der Waals surface area contributed by atoms with Crippen molar-refractivity contribution >= 4 is 23.5 Å². The quantitative estimate of drug-likeness (QED) is 0.108. The third-order valence-electron chi connectivity index (χ3n) is 7.57. The standard InChI is InChI=1S/C34H62S2/c1-5-7-9-11-13-15-17-19-21-23-25-35-29-33-27-31(3)28-34(32(33)4)30-36-26-24-22-20-18-16-14-12-10-8-6-2/h27-28H,5-26,29-30H2,1-4H3. The maximum absolute atomic E-state index is 2.44. The molecule has 0 aliphatic rings. The first-order chi connectivity index (χ1) is 17.7. The van der Waals surface area contributed by atoms with Gasteiger partial charge in [0.1, 0.15) is 0 Å². The van der Waals surface area contributed by atoms with Gasteiger partial charge in [-0.25, -0.2) is 0 Å². The summed E-state index contributed by atoms with van der Waals surface area (Å²) in [4.78, 5) is 0. The first-order valence-electron chi connectivity index (χ1n) is 15.9. The molecule has 0 atom stereocenters. The van der Waals surface area contributed by atoms with Crippen LogP contribution >= 0.6 is 23.5 Å². The zero-order chi connectivity index (χ0) is 26.1. The van der Waals surface area contributed by atoms with E-state index in [0.717, 1.165) is 0 Å². The fourth-order valence-corrected chi connectivity index (χ4v) is 7.21. The van der Waals surface area contributed by atoms with Crippen LogP contribution in [-0.2, 0) is 11.5 Å². The van der Waals surface area contributed by atoms with Crippen LogP contribution in [0.2, 0.25) is 0 Å². The van der Waals surface area contributed by atoms with Gasteiger partial charge in [0.2, 0.25) is 0 Å². The van der Waals surface area contributed by atoms with Crippen molar-refractivity contribution in [3.63, 3.8) is 0 Å². The maximum Gasteiger partial charge on any atom is 0.0187 e. The number of rotatable bonds is 26. The second kappa shape index (κ2) is 25.2. The highest BCUT2D eigenvalue weighted by Gasteiger charge is 2.07. The minimum atomic E-state index is 1.20. The summed E-state index contributed by atoms with van der Waals surface area (Å²) in [7, 11) is 0. The molecule has 0 bridgehead atoms. The van der Waals surface area contributed by atoms with Crippen LogP contribution in [0.25, 0.3) is 0 Å². The molecule has 210 valence electrons. The molecule has 0 heterocycles. The van der Waals surface area contributed by atoms with E-state index in [1.807, 2.05) is 0 Å². The topological polar surface area (TPSA) is 0 Å². The van der Waals surface area contributed by atoms with E-state index in [9.17, 15) is 0 Å². The lowest BCUT2D eigenvalue weighted by Crippen LogP contribution is -1.96. The van der Waals surface area contributed by atoms with Crippen LogP contribution in [0.15, 0.2) is 12.1 Å². The van der Waals surface area contributed by atoms with Crippen molar-refractivity contribution in [2.45, 2.75) is 168 Å². The molecule has 0 fully saturated rings. The number of thioether (sulfide) groups is 2. The number of hydrogen-bond acceptors (Lipinski definition) is 2. The second-order valence-electron chi connectivity index (χ2n) is 11.2. The van der Waals surface area contributed by atoms with Crippen LogP contribution in [0, 0.1) is 13.8 Å². The van der Waals surface area contributed by atoms with Crippen molar-refractivity contribution in [3.05, 3.63) is 34.4 Å². The predicted molar refractivity (Wildman–Crippen MR) is 172 cm³/mol. The number of benzene rings is 1. The maximum atomic E-state index is 2.44. The fraction of sp³-hybridized carbons (Fsp3) is 0.824. The van der Waals surface area contributed by atoms with E-state index in [-0.39, 0.29) is 0 Å². The Labute approximate surface area is 236 Å². The molecule has 1 rings (SSSR count). The zero-order valence-corrected chi connectivity index (χ0v) is 26.6. The Morgan fingerprint density at radius 3 is 1.08 bits per heavy atom. The van der Waals surface area contributed by atoms with Gasteiger partial charge in [0.15, 0.2) is 0 Å². The summed E-state index contributed by atoms with van der Waals surface area (Å²) in [6.45, 7) is 9.26. The number of aryl methyl sites for hydroxylation is 1. The molecule has 0 aliphatic carbocycles. The van der Waals surface area contributed by atoms with Gasteiger partial charge in [-0.05, 0) is 54.9 Å². The molecule has 0 spiro atoms. The van der Waals surface area contributed by atoms with Gasteiger partial charge in [-0.15, -0.1) is 0 Å². The van der Waals surface area contributed by atoms with E-state index in [1.54, 1.807) is 16.7 Å². The molecule has 1 aromatic carbocycles. The van der Waals surface area contributed by atoms with Gasteiger partial charge in [-0.2, -0.15) is 23.5 Å². The van der Waals surface area contributed by atoms with E-state index in [4.69, 9.17) is 0 Å². The highest BCUT2D eigenvalue weighted by atomic mass is 32.2. The number of unbranched alkanes of at least 4 members (excludes halogenated alkanes) is 18. The summed E-state index contributed by atoms with van der Waals surface area (Å²) in [6, 6.07) is 4.88. The molecule has 0 saturated carbocycles. The lowest BCUT2D eigenvalue weighted by molar-refractivity contribution is 0.563. The summed E-state index contributed by atoms with van der Waals surface area (Å²) in [5.41, 5.74) is 6.18. The molecule has 2 heteroatoms. The lowest BCUT2D eigenvalue weighted by atomic mass is 10.0. The third-order valence-corrected chi connectivity index (χ3v) is 9.75. The van der Waals surface area contributed by atoms with Crippen molar-refractivity contribution in [1.82, 2.24) is 0 Å². The monoisotopic (exact) mass is 534 g/mol. The van der Waals surface area contributed by atoms with Crippen LogP contribution in [0.3, 0.4) is 0 Å². The lowest BCUT2D eigenvalue weighted by Gasteiger charge is -2.13. The average Bonchev–Trinajstić information content (AvgIpc) is 2.87. The molecule has 36 heavy (non-hydrogen) atoms. The molecule has 0 amide bonds. The molecule has 0 unspecified atom stereocenters. The SMILES string of the molecule is CCCCCCCCCCCCSCc1cc(C)cc(CSCCCCCCCCCCCC)c1C. The largest absolute Gasteiger partial charge is 0.157 e. The molecule has 0 N–H and O–H groups in total. The Morgan fingerprint density at radius 1 is 0.444 bits per heavy atom. The van der Waals surface area contributed by atoms with Crippen LogP contribution in [0.1, 0.15) is 165 Å². The molecular formula is C34H62S2. The molecule has 0 radical (unpaired) electrons. The molecule has 0 aromatic heterocycles. The Hall–Kier alpha value is -0.0800. The van der Waals surface area contributed by atoms with Gasteiger partial charge >= 0.3 is 0 Å². The summed E-state index contributed by atoms with van der Waals surface area (Å²) in [5.74, 6) is 5.04. The second-order valence-corrected chi connectivity index (χ2v) is 13.4. The zero-order valence-electron chi connectivity index (χ0n) is 24.9. The van der Waals surface area contributed by atoms with E-state index >= 15 is 0 Å². The Balaban J connectivity index is 2.08. The predicted octanol–water partition coefficient (Wildman–Crippen LogP) is 12.6. The third kappa shape index (κ3) is 19.1. The van der Waals surface area contributed by atoms with Crippen molar-refractivity contribution in [2.24, 2.45) is 0 Å². The molecule has 0 nitrogen and oxygen atoms in total. The summed E-state index contributed by atoms with van der Waals surface area (Å²) in [5, 5.41) is 0. The van der Waals surface area contributed by atoms with E-state index in [0.29, 0.717) is 0 Å². The van der Waals surface area contributed by atoms with Crippen LogP contribution < -0.4 is 0 Å². The average molecular weight is 535 g/mol. The van der Waals surface area contributed by atoms with Gasteiger partial charge in [0.25, 0.3) is 0 Å². The van der Waals surface area contributed by atoms with Crippen molar-refractivity contribution in [1.29, 1.82) is 0 Å². The first-order valence-corrected chi connectivity index (χ1v) is 18.2. The van der Waals surface area contributed by atoms with Gasteiger partial charge < -0.3 is 0 Å². The van der Waals surface area contributed by atoms with E-state index in [2.05, 4.69) is 63.4 Å². The van der Waals surface area contributed by atoms with Crippen LogP contribution in [0.5, 0.6) is 0 Å². The van der Waals surface area contributed by atoms with E-state index in [1.165, 1.54) is 157 Å². The molecular weight excluding hydrogens is 473 g/mol. The van der Waals surface area contributed by atoms with Gasteiger partial charge in [-0.3, -0.25) is 0 Å². The first kappa shape index (κ1) is 33.9. The smallest absolute Gasteiger partial charge is 0.0187 e. The van der Waals surface area contributed by atoms with E-state index < -0.39 is 0 Å². The number of hydrogen-bond donors (Lipinski definition) is 0. The Morgan fingerprint density at radius 2 is 0.750 bits per heavy atom. The molecule has 0 aliphatic heterocycles. The highest BCUT2D eigenvalue weighted by molar-refractivity contribution is 7.98. The Kier molecular flexibility index (Phi) is 23.8. The highest BCUT2D eigenvalue weighted by Crippen LogP contribution is 2.26. The van der Waals surface area contributed by atoms with Gasteiger partial charge in [-0.1, -0.05) is 147 Å². The summed E-state index contributed by atoms with van der Waals surface area (Å²) in [6.07, 6.45) is 28.7. The minimum absolute atomic E-state index is 1.20. The van der Waals surface area contributed by atoms with Crippen molar-refractivity contribution < 1.29 is 0 Å². The molecule has 1 aromatic rings. The van der Waals surface area contributed by atoms with Gasteiger partial charge in [0.05, 0.1) is 0 Å². The van der Waals surface area contributed by atoms with Crippen LogP contribution in [-0.4, -0.2) is 11.5 Å². The summed E-state index contributed by atoms with van der Waals surface area (Å²) < 4.78 is 0. The normalized spacial score (nSPS) is 11.4. The minimum Gasteiger partial charge on any atom is -0.157 e. The Bertz CT molecular complexity index is 560. The van der Waals surface area contributed by atoms with Crippen molar-refractivity contribution in [2.75, 3.05) is 11.5 Å². The van der Waals surface area contributed by atoms with Gasteiger partial charge in [0, 0.05) is 11.5 Å². The molecule has 0 saturated heterocycles. The van der Waals surface area contributed by atoms with Crippen molar-refractivity contribution in [3.8, 4) is 0 Å². The van der Waals surface area contributed by atoms with Crippen LogP contribution in [0.4, 0.5) is 0 Å². The summed E-state index contributed by atoms with van der Waals surface area (Å²) >= 11 is 4.31.